The van der Waals surface area contributed by atoms with Gasteiger partial charge in [0.05, 0.1) is 23.5 Å². The van der Waals surface area contributed by atoms with Crippen molar-refractivity contribution in [2.45, 2.75) is 0 Å². The number of imide groups is 1. The predicted octanol–water partition coefficient (Wildman–Crippen LogP) is 3.72. The number of thioether (sulfide) groups is 1. The molecule has 1 aliphatic heterocycles. The number of benzene rings is 2. The van der Waals surface area contributed by atoms with E-state index in [1.165, 1.54) is 25.3 Å². The van der Waals surface area contributed by atoms with Gasteiger partial charge in [0.25, 0.3) is 11.1 Å². The minimum absolute atomic E-state index is 0.111. The monoisotopic (exact) mass is 400 g/mol. The maximum atomic E-state index is 12.5. The summed E-state index contributed by atoms with van der Waals surface area (Å²) in [4.78, 5) is 36.5. The Morgan fingerprint density at radius 3 is 2.61 bits per heavy atom. The zero-order valence-corrected chi connectivity index (χ0v) is 15.7. The Bertz CT molecular complexity index is 945. The fourth-order valence-electron chi connectivity index (χ4n) is 2.56. The fraction of sp³-hybridized carbons (Fsp3) is 0.158. The molecule has 1 saturated heterocycles. The van der Waals surface area contributed by atoms with Crippen LogP contribution in [0, 0.1) is 10.1 Å². The number of hydrogen-bond acceptors (Lipinski definition) is 7. The highest BCUT2D eigenvalue weighted by Gasteiger charge is 2.35. The molecule has 28 heavy (non-hydrogen) atoms. The molecule has 8 nitrogen and oxygen atoms in total. The molecule has 0 spiro atoms. The van der Waals surface area contributed by atoms with Crippen molar-refractivity contribution >= 4 is 34.7 Å². The van der Waals surface area contributed by atoms with Gasteiger partial charge in [-0.1, -0.05) is 24.3 Å². The van der Waals surface area contributed by atoms with Crippen molar-refractivity contribution in [3.05, 3.63) is 69.1 Å². The predicted molar refractivity (Wildman–Crippen MR) is 104 cm³/mol. The van der Waals surface area contributed by atoms with Crippen molar-refractivity contribution < 1.29 is 24.0 Å². The van der Waals surface area contributed by atoms with Gasteiger partial charge in [0.1, 0.15) is 12.4 Å². The maximum absolute atomic E-state index is 12.5. The number of carbonyl (C=O) groups excluding carboxylic acids is 2. The van der Waals surface area contributed by atoms with Crippen LogP contribution in [0.15, 0.2) is 53.4 Å². The molecule has 2 amide bonds. The van der Waals surface area contributed by atoms with Crippen molar-refractivity contribution in [1.82, 2.24) is 4.90 Å². The van der Waals surface area contributed by atoms with E-state index in [2.05, 4.69) is 0 Å². The second kappa shape index (κ2) is 8.57. The molecule has 0 bridgehead atoms. The van der Waals surface area contributed by atoms with E-state index >= 15 is 0 Å². The van der Waals surface area contributed by atoms with Gasteiger partial charge in [0.15, 0.2) is 5.75 Å². The molecule has 0 unspecified atom stereocenters. The van der Waals surface area contributed by atoms with Gasteiger partial charge < -0.3 is 9.47 Å². The van der Waals surface area contributed by atoms with E-state index in [4.69, 9.17) is 9.47 Å². The molecule has 144 valence electrons. The van der Waals surface area contributed by atoms with E-state index in [-0.39, 0.29) is 29.5 Å². The topological polar surface area (TPSA) is 99.0 Å². The number of hydrogen-bond donors (Lipinski definition) is 0. The van der Waals surface area contributed by atoms with Crippen LogP contribution < -0.4 is 9.47 Å². The maximum Gasteiger partial charge on any atom is 0.311 e. The summed E-state index contributed by atoms with van der Waals surface area (Å²) in [5.41, 5.74) is 0.213. The molecular formula is C19H16N2O6S. The zero-order valence-electron chi connectivity index (χ0n) is 14.9. The summed E-state index contributed by atoms with van der Waals surface area (Å²) in [5.74, 6) is 0.314. The number of carbonyl (C=O) groups is 2. The lowest BCUT2D eigenvalue weighted by Gasteiger charge is -2.13. The second-order valence-electron chi connectivity index (χ2n) is 5.68. The standard InChI is InChI=1S/C19H16N2O6S/c1-26-16-8-7-13(11-15(16)21(24)25)12-17-18(22)20(19(23)28-17)9-10-27-14-5-3-2-4-6-14/h2-8,11-12H,9-10H2,1H3/b17-12-. The normalized spacial score (nSPS) is 15.2. The number of amides is 2. The Morgan fingerprint density at radius 2 is 1.93 bits per heavy atom. The van der Waals surface area contributed by atoms with Crippen LogP contribution in [0.5, 0.6) is 11.5 Å². The van der Waals surface area contributed by atoms with Crippen molar-refractivity contribution in [2.24, 2.45) is 0 Å². The highest BCUT2D eigenvalue weighted by Crippen LogP contribution is 2.34. The molecule has 3 rings (SSSR count). The van der Waals surface area contributed by atoms with E-state index in [9.17, 15) is 19.7 Å². The van der Waals surface area contributed by atoms with Crippen molar-refractivity contribution in [3.63, 3.8) is 0 Å². The molecule has 1 aliphatic rings. The number of methoxy groups -OCH3 is 1. The number of para-hydroxylation sites is 1. The van der Waals surface area contributed by atoms with Crippen LogP contribution in [0.25, 0.3) is 6.08 Å². The Labute approximate surface area is 164 Å². The molecule has 0 N–H and O–H groups in total. The quantitative estimate of drug-likeness (QED) is 0.397. The first-order chi connectivity index (χ1) is 13.5. The Balaban J connectivity index is 1.70. The van der Waals surface area contributed by atoms with Gasteiger partial charge in [-0.25, -0.2) is 0 Å². The average molecular weight is 400 g/mol. The van der Waals surface area contributed by atoms with E-state index in [1.807, 2.05) is 18.2 Å². The van der Waals surface area contributed by atoms with Crippen molar-refractivity contribution in [2.75, 3.05) is 20.3 Å². The molecule has 1 heterocycles. The fourth-order valence-corrected chi connectivity index (χ4v) is 3.42. The zero-order chi connectivity index (χ0) is 20.1. The van der Waals surface area contributed by atoms with Crippen LogP contribution in [0.2, 0.25) is 0 Å². The number of nitro benzene ring substituents is 1. The largest absolute Gasteiger partial charge is 0.492 e. The van der Waals surface area contributed by atoms with Crippen LogP contribution in [-0.2, 0) is 4.79 Å². The Hall–Kier alpha value is -3.33. The SMILES string of the molecule is COc1ccc(/C=C2\SC(=O)N(CCOc3ccccc3)C2=O)cc1[N+](=O)[O-]. The van der Waals surface area contributed by atoms with Gasteiger partial charge in [-0.2, -0.15) is 0 Å². The summed E-state index contributed by atoms with van der Waals surface area (Å²) < 4.78 is 10.5. The highest BCUT2D eigenvalue weighted by atomic mass is 32.2. The average Bonchev–Trinajstić information content (AvgIpc) is 2.96. The van der Waals surface area contributed by atoms with Gasteiger partial charge in [0.2, 0.25) is 0 Å². The first-order valence-corrected chi connectivity index (χ1v) is 9.07. The third kappa shape index (κ3) is 4.32. The van der Waals surface area contributed by atoms with E-state index in [1.54, 1.807) is 18.2 Å². The van der Waals surface area contributed by atoms with Crippen LogP contribution >= 0.6 is 11.8 Å². The second-order valence-corrected chi connectivity index (χ2v) is 6.68. The lowest BCUT2D eigenvalue weighted by Crippen LogP contribution is -2.32. The van der Waals surface area contributed by atoms with Crippen LogP contribution in [-0.4, -0.2) is 41.2 Å². The lowest BCUT2D eigenvalue weighted by molar-refractivity contribution is -0.385. The molecule has 0 atom stereocenters. The molecule has 9 heteroatoms. The summed E-state index contributed by atoms with van der Waals surface area (Å²) in [5, 5.41) is 10.7. The van der Waals surface area contributed by atoms with E-state index in [0.29, 0.717) is 11.3 Å². The van der Waals surface area contributed by atoms with E-state index < -0.39 is 16.1 Å². The Morgan fingerprint density at radius 1 is 1.18 bits per heavy atom. The smallest absolute Gasteiger partial charge is 0.311 e. The Kier molecular flexibility index (Phi) is 5.95. The number of nitrogens with zero attached hydrogens (tertiary/aromatic N) is 2. The summed E-state index contributed by atoms with van der Waals surface area (Å²) in [6.07, 6.45) is 1.45. The number of nitro groups is 1. The lowest BCUT2D eigenvalue weighted by atomic mass is 10.1. The van der Waals surface area contributed by atoms with Gasteiger partial charge in [-0.3, -0.25) is 24.6 Å². The molecular weight excluding hydrogens is 384 g/mol. The molecule has 2 aromatic carbocycles. The molecule has 0 saturated carbocycles. The number of rotatable bonds is 7. The van der Waals surface area contributed by atoms with Gasteiger partial charge in [-0.05, 0) is 41.6 Å². The first-order valence-electron chi connectivity index (χ1n) is 8.25. The van der Waals surface area contributed by atoms with Gasteiger partial charge >= 0.3 is 5.69 Å². The van der Waals surface area contributed by atoms with Crippen LogP contribution in [0.3, 0.4) is 0 Å². The minimum Gasteiger partial charge on any atom is -0.492 e. The third-order valence-electron chi connectivity index (χ3n) is 3.90. The van der Waals surface area contributed by atoms with Gasteiger partial charge in [-0.15, -0.1) is 0 Å². The molecule has 1 fully saturated rings. The van der Waals surface area contributed by atoms with Crippen LogP contribution in [0.1, 0.15) is 5.56 Å². The van der Waals surface area contributed by atoms with Crippen molar-refractivity contribution in [3.8, 4) is 11.5 Å². The third-order valence-corrected chi connectivity index (χ3v) is 4.81. The van der Waals surface area contributed by atoms with Crippen molar-refractivity contribution in [1.29, 1.82) is 0 Å². The minimum atomic E-state index is -0.567. The highest BCUT2D eigenvalue weighted by molar-refractivity contribution is 8.18. The summed E-state index contributed by atoms with van der Waals surface area (Å²) in [7, 11) is 1.34. The summed E-state index contributed by atoms with van der Waals surface area (Å²) in [6.45, 7) is 0.281. The molecule has 0 radical (unpaired) electrons. The molecule has 0 aliphatic carbocycles. The van der Waals surface area contributed by atoms with Crippen LogP contribution in [0.4, 0.5) is 10.5 Å². The molecule has 2 aromatic rings. The first kappa shape index (κ1) is 19.4. The van der Waals surface area contributed by atoms with E-state index in [0.717, 1.165) is 16.7 Å². The summed E-state index contributed by atoms with van der Waals surface area (Å²) >= 11 is 0.789. The van der Waals surface area contributed by atoms with Gasteiger partial charge in [0, 0.05) is 6.07 Å². The molecule has 0 aromatic heterocycles. The summed E-state index contributed by atoms with van der Waals surface area (Å²) in [6, 6.07) is 13.4. The number of ether oxygens (including phenoxy) is 2.